The lowest BCUT2D eigenvalue weighted by atomic mass is 10.2. The van der Waals surface area contributed by atoms with E-state index in [9.17, 15) is 4.79 Å². The molecule has 1 fully saturated rings. The monoisotopic (exact) mass is 320 g/mol. The smallest absolute Gasteiger partial charge is 0.277 e. The van der Waals surface area contributed by atoms with Gasteiger partial charge < -0.3 is 14.5 Å². The van der Waals surface area contributed by atoms with E-state index in [4.69, 9.17) is 9.15 Å². The van der Waals surface area contributed by atoms with Crippen LogP contribution in [-0.4, -0.2) is 46.1 Å². The first-order chi connectivity index (χ1) is 10.8. The Labute approximate surface area is 131 Å². The lowest BCUT2D eigenvalue weighted by Crippen LogP contribution is -2.32. The van der Waals surface area contributed by atoms with Crippen molar-refractivity contribution in [3.05, 3.63) is 24.5 Å². The number of pyridine rings is 1. The van der Waals surface area contributed by atoms with E-state index >= 15 is 0 Å². The van der Waals surface area contributed by atoms with Gasteiger partial charge in [0.15, 0.2) is 0 Å². The van der Waals surface area contributed by atoms with Crippen molar-refractivity contribution >= 4 is 17.7 Å². The van der Waals surface area contributed by atoms with Gasteiger partial charge in [-0.1, -0.05) is 11.8 Å². The molecule has 8 heteroatoms. The van der Waals surface area contributed by atoms with Crippen LogP contribution in [0.15, 0.2) is 34.2 Å². The Morgan fingerprint density at radius 3 is 3.18 bits per heavy atom. The van der Waals surface area contributed by atoms with Gasteiger partial charge in [-0.25, -0.2) is 0 Å². The fraction of sp³-hybridized carbons (Fsp3) is 0.429. The number of aromatic nitrogens is 3. The zero-order valence-corrected chi connectivity index (χ0v) is 12.7. The van der Waals surface area contributed by atoms with Crippen molar-refractivity contribution in [2.24, 2.45) is 0 Å². The molecule has 1 N–H and O–H groups in total. The van der Waals surface area contributed by atoms with Gasteiger partial charge >= 0.3 is 0 Å². The van der Waals surface area contributed by atoms with E-state index < -0.39 is 0 Å². The molecule has 2 aromatic rings. The second kappa shape index (κ2) is 7.37. The summed E-state index contributed by atoms with van der Waals surface area (Å²) in [5.74, 6) is 0.568. The third kappa shape index (κ3) is 4.05. The summed E-state index contributed by atoms with van der Waals surface area (Å²) in [4.78, 5) is 15.8. The van der Waals surface area contributed by atoms with Crippen molar-refractivity contribution < 1.29 is 13.9 Å². The molecule has 1 aliphatic heterocycles. The fourth-order valence-corrected chi connectivity index (χ4v) is 2.68. The van der Waals surface area contributed by atoms with Gasteiger partial charge in [0.05, 0.1) is 17.4 Å². The van der Waals surface area contributed by atoms with E-state index in [1.165, 1.54) is 11.8 Å². The van der Waals surface area contributed by atoms with Crippen molar-refractivity contribution in [1.82, 2.24) is 20.5 Å². The SMILES string of the molecule is O=C(CSc1nnc(-c2cccnc2)o1)NCC1CCCO1. The number of carbonyl (C=O) groups is 1. The van der Waals surface area contributed by atoms with Crippen molar-refractivity contribution in [3.8, 4) is 11.5 Å². The fourth-order valence-electron chi connectivity index (χ4n) is 2.09. The Kier molecular flexibility index (Phi) is 5.02. The summed E-state index contributed by atoms with van der Waals surface area (Å²) >= 11 is 1.21. The van der Waals surface area contributed by atoms with Crippen LogP contribution in [0.4, 0.5) is 0 Å². The van der Waals surface area contributed by atoms with Crippen LogP contribution in [0.2, 0.25) is 0 Å². The van der Waals surface area contributed by atoms with Crippen LogP contribution in [0.3, 0.4) is 0 Å². The van der Waals surface area contributed by atoms with Crippen molar-refractivity contribution in [2.75, 3.05) is 18.9 Å². The normalized spacial score (nSPS) is 17.5. The highest BCUT2D eigenvalue weighted by atomic mass is 32.2. The maximum atomic E-state index is 11.8. The third-order valence-electron chi connectivity index (χ3n) is 3.19. The molecule has 1 unspecified atom stereocenters. The molecule has 3 rings (SSSR count). The van der Waals surface area contributed by atoms with Crippen LogP contribution in [0.5, 0.6) is 0 Å². The van der Waals surface area contributed by atoms with Gasteiger partial charge in [-0.15, -0.1) is 10.2 Å². The molecule has 1 atom stereocenters. The summed E-state index contributed by atoms with van der Waals surface area (Å²) in [7, 11) is 0. The van der Waals surface area contributed by atoms with E-state index in [0.29, 0.717) is 17.7 Å². The summed E-state index contributed by atoms with van der Waals surface area (Å²) < 4.78 is 10.9. The lowest BCUT2D eigenvalue weighted by Gasteiger charge is -2.09. The molecule has 1 saturated heterocycles. The quantitative estimate of drug-likeness (QED) is 0.807. The first-order valence-electron chi connectivity index (χ1n) is 7.06. The van der Waals surface area contributed by atoms with Crippen LogP contribution in [0, 0.1) is 0 Å². The van der Waals surface area contributed by atoms with Gasteiger partial charge in [-0.05, 0) is 25.0 Å². The van der Waals surface area contributed by atoms with Gasteiger partial charge in [0.25, 0.3) is 5.22 Å². The highest BCUT2D eigenvalue weighted by Gasteiger charge is 2.16. The molecule has 116 valence electrons. The van der Waals surface area contributed by atoms with Gasteiger partial charge in [0.1, 0.15) is 0 Å². The summed E-state index contributed by atoms with van der Waals surface area (Å²) in [6.45, 7) is 1.35. The molecule has 0 spiro atoms. The Hall–Kier alpha value is -1.93. The third-order valence-corrected chi connectivity index (χ3v) is 4.01. The number of hydrogen-bond acceptors (Lipinski definition) is 7. The summed E-state index contributed by atoms with van der Waals surface area (Å²) in [5, 5.41) is 11.1. The average Bonchev–Trinajstić information content (AvgIpc) is 3.23. The molecule has 7 nitrogen and oxygen atoms in total. The van der Waals surface area contributed by atoms with Crippen molar-refractivity contribution in [2.45, 2.75) is 24.2 Å². The van der Waals surface area contributed by atoms with E-state index in [-0.39, 0.29) is 17.8 Å². The molecule has 0 saturated carbocycles. The minimum atomic E-state index is -0.0679. The minimum absolute atomic E-state index is 0.0679. The maximum absolute atomic E-state index is 11.8. The van der Waals surface area contributed by atoms with Crippen molar-refractivity contribution in [1.29, 1.82) is 0 Å². The predicted molar refractivity (Wildman–Crippen MR) is 80.2 cm³/mol. The van der Waals surface area contributed by atoms with Gasteiger partial charge in [-0.3, -0.25) is 9.78 Å². The number of thioether (sulfide) groups is 1. The molecular weight excluding hydrogens is 304 g/mol. The first-order valence-corrected chi connectivity index (χ1v) is 8.05. The van der Waals surface area contributed by atoms with Crippen molar-refractivity contribution in [3.63, 3.8) is 0 Å². The Morgan fingerprint density at radius 1 is 1.45 bits per heavy atom. The molecule has 0 radical (unpaired) electrons. The largest absolute Gasteiger partial charge is 0.411 e. The van der Waals surface area contributed by atoms with E-state index in [1.807, 2.05) is 6.07 Å². The van der Waals surface area contributed by atoms with Gasteiger partial charge in [0, 0.05) is 25.5 Å². The summed E-state index contributed by atoms with van der Waals surface area (Å²) in [5.41, 5.74) is 0.754. The van der Waals surface area contributed by atoms with Crippen LogP contribution in [-0.2, 0) is 9.53 Å². The summed E-state index contributed by atoms with van der Waals surface area (Å²) in [6.07, 6.45) is 5.54. The second-order valence-corrected chi connectivity index (χ2v) is 5.77. The molecule has 0 aliphatic carbocycles. The Morgan fingerprint density at radius 2 is 2.41 bits per heavy atom. The molecule has 1 amide bonds. The number of ether oxygens (including phenoxy) is 1. The molecule has 2 aromatic heterocycles. The highest BCUT2D eigenvalue weighted by Crippen LogP contribution is 2.22. The van der Waals surface area contributed by atoms with Gasteiger partial charge in [0.2, 0.25) is 11.8 Å². The molecule has 3 heterocycles. The zero-order chi connectivity index (χ0) is 15.2. The van der Waals surface area contributed by atoms with Crippen LogP contribution >= 0.6 is 11.8 Å². The number of hydrogen-bond donors (Lipinski definition) is 1. The van der Waals surface area contributed by atoms with E-state index in [0.717, 1.165) is 25.0 Å². The highest BCUT2D eigenvalue weighted by molar-refractivity contribution is 7.99. The average molecular weight is 320 g/mol. The molecule has 22 heavy (non-hydrogen) atoms. The number of nitrogens with zero attached hydrogens (tertiary/aromatic N) is 3. The molecule has 1 aliphatic rings. The second-order valence-electron chi connectivity index (χ2n) is 4.84. The maximum Gasteiger partial charge on any atom is 0.277 e. The van der Waals surface area contributed by atoms with Crippen LogP contribution < -0.4 is 5.32 Å². The molecule has 0 aromatic carbocycles. The van der Waals surface area contributed by atoms with Gasteiger partial charge in [-0.2, -0.15) is 0 Å². The topological polar surface area (TPSA) is 90.1 Å². The molecule has 0 bridgehead atoms. The summed E-state index contributed by atoms with van der Waals surface area (Å²) in [6, 6.07) is 3.63. The number of carbonyl (C=O) groups excluding carboxylic acids is 1. The van der Waals surface area contributed by atoms with Crippen LogP contribution in [0.1, 0.15) is 12.8 Å². The van der Waals surface area contributed by atoms with E-state index in [1.54, 1.807) is 18.5 Å². The molecular formula is C14H16N4O3S. The standard InChI is InChI=1S/C14H16N4O3S/c19-12(16-8-11-4-2-6-20-11)9-22-14-18-17-13(21-14)10-3-1-5-15-7-10/h1,3,5,7,11H,2,4,6,8-9H2,(H,16,19). The predicted octanol–water partition coefficient (Wildman–Crippen LogP) is 1.52. The first kappa shape index (κ1) is 15.0. The number of rotatable bonds is 6. The number of amides is 1. The Balaban J connectivity index is 1.45. The minimum Gasteiger partial charge on any atom is -0.411 e. The zero-order valence-electron chi connectivity index (χ0n) is 11.9. The number of nitrogens with one attached hydrogen (secondary N) is 1. The van der Waals surface area contributed by atoms with Crippen LogP contribution in [0.25, 0.3) is 11.5 Å². The Bertz CT molecular complexity index is 614. The van der Waals surface area contributed by atoms with E-state index in [2.05, 4.69) is 20.5 Å². The lowest BCUT2D eigenvalue weighted by molar-refractivity contribution is -0.119.